The van der Waals surface area contributed by atoms with Gasteiger partial charge in [0.1, 0.15) is 0 Å². The zero-order valence-electron chi connectivity index (χ0n) is 9.51. The van der Waals surface area contributed by atoms with Crippen LogP contribution in [0.1, 0.15) is 58.8 Å². The van der Waals surface area contributed by atoms with Crippen LogP contribution >= 0.6 is 0 Å². The van der Waals surface area contributed by atoms with E-state index in [1.165, 1.54) is 32.1 Å². The van der Waals surface area contributed by atoms with E-state index in [4.69, 9.17) is 0 Å². The lowest BCUT2D eigenvalue weighted by atomic mass is 9.84. The molecule has 2 unspecified atom stereocenters. The number of carbonyl (C=O) groups is 1. The molecule has 1 rings (SSSR count). The Labute approximate surface area is 87.5 Å². The summed E-state index contributed by atoms with van der Waals surface area (Å²) in [4.78, 5) is 11.4. The van der Waals surface area contributed by atoms with Crippen molar-refractivity contribution in [1.29, 1.82) is 0 Å². The highest BCUT2D eigenvalue weighted by Gasteiger charge is 2.21. The van der Waals surface area contributed by atoms with Crippen LogP contribution in [0.2, 0.25) is 0 Å². The second-order valence-electron chi connectivity index (χ2n) is 4.46. The van der Waals surface area contributed by atoms with E-state index >= 15 is 0 Å². The van der Waals surface area contributed by atoms with Crippen molar-refractivity contribution >= 4 is 5.91 Å². The number of nitrogens with one attached hydrogen (secondary N) is 1. The maximum Gasteiger partial charge on any atom is 0.220 e. The number of hydrogen-bond donors (Lipinski definition) is 1. The molecule has 0 aromatic heterocycles. The Kier molecular flexibility index (Phi) is 4.99. The van der Waals surface area contributed by atoms with E-state index < -0.39 is 0 Å². The summed E-state index contributed by atoms with van der Waals surface area (Å²) in [6.07, 6.45) is 7.94. The summed E-state index contributed by atoms with van der Waals surface area (Å²) in [5.74, 6) is 1.09. The molecule has 82 valence electrons. The van der Waals surface area contributed by atoms with E-state index in [0.29, 0.717) is 12.5 Å². The third-order valence-corrected chi connectivity index (χ3v) is 3.20. The molecular formula is C12H23NO. The van der Waals surface area contributed by atoms with Crippen LogP contribution < -0.4 is 5.32 Å². The molecule has 1 aliphatic carbocycles. The molecule has 0 radical (unpaired) electrons. The summed E-state index contributed by atoms with van der Waals surface area (Å²) in [5, 5.41) is 3.15. The highest BCUT2D eigenvalue weighted by molar-refractivity contribution is 5.76. The molecule has 1 amide bonds. The number of rotatable bonds is 4. The molecule has 2 nitrogen and oxygen atoms in total. The summed E-state index contributed by atoms with van der Waals surface area (Å²) >= 11 is 0. The molecule has 0 spiro atoms. The van der Waals surface area contributed by atoms with Crippen molar-refractivity contribution in [3.63, 3.8) is 0 Å². The van der Waals surface area contributed by atoms with Crippen molar-refractivity contribution in [3.05, 3.63) is 0 Å². The van der Waals surface area contributed by atoms with Gasteiger partial charge in [0.05, 0.1) is 0 Å². The molecule has 14 heavy (non-hydrogen) atoms. The summed E-state index contributed by atoms with van der Waals surface area (Å²) in [6.45, 7) is 4.30. The van der Waals surface area contributed by atoms with Gasteiger partial charge in [-0.15, -0.1) is 0 Å². The Morgan fingerprint density at radius 1 is 1.36 bits per heavy atom. The molecule has 0 aliphatic heterocycles. The fourth-order valence-corrected chi connectivity index (χ4v) is 2.32. The van der Waals surface area contributed by atoms with Gasteiger partial charge in [0.2, 0.25) is 5.91 Å². The highest BCUT2D eigenvalue weighted by Crippen LogP contribution is 2.26. The van der Waals surface area contributed by atoms with Gasteiger partial charge in [0.25, 0.3) is 0 Å². The Hall–Kier alpha value is -0.530. The van der Waals surface area contributed by atoms with Crippen LogP contribution in [0.25, 0.3) is 0 Å². The topological polar surface area (TPSA) is 29.1 Å². The zero-order valence-corrected chi connectivity index (χ0v) is 9.51. The van der Waals surface area contributed by atoms with Gasteiger partial charge >= 0.3 is 0 Å². The second kappa shape index (κ2) is 6.05. The van der Waals surface area contributed by atoms with E-state index in [9.17, 15) is 4.79 Å². The molecule has 2 atom stereocenters. The van der Waals surface area contributed by atoms with Crippen LogP contribution in [0.15, 0.2) is 0 Å². The number of amides is 1. The molecule has 1 N–H and O–H groups in total. The Bertz CT molecular complexity index is 179. The highest BCUT2D eigenvalue weighted by atomic mass is 16.1. The third kappa shape index (κ3) is 3.69. The lowest BCUT2D eigenvalue weighted by molar-refractivity contribution is -0.122. The van der Waals surface area contributed by atoms with E-state index in [0.717, 1.165) is 12.3 Å². The predicted octanol–water partition coefficient (Wildman–Crippen LogP) is 2.87. The van der Waals surface area contributed by atoms with Crippen LogP contribution in [-0.2, 0) is 4.79 Å². The summed E-state index contributed by atoms with van der Waals surface area (Å²) < 4.78 is 0. The Balaban J connectivity index is 2.26. The van der Waals surface area contributed by atoms with E-state index in [1.54, 1.807) is 0 Å². The lowest BCUT2D eigenvalue weighted by Crippen LogP contribution is -2.38. The minimum Gasteiger partial charge on any atom is -0.353 e. The van der Waals surface area contributed by atoms with Gasteiger partial charge in [0, 0.05) is 12.5 Å². The smallest absolute Gasteiger partial charge is 0.220 e. The summed E-state index contributed by atoms with van der Waals surface area (Å²) in [7, 11) is 0. The fraction of sp³-hybridized carbons (Fsp3) is 0.917. The molecule has 1 saturated carbocycles. The monoisotopic (exact) mass is 197 g/mol. The largest absolute Gasteiger partial charge is 0.353 e. The normalized spacial score (nSPS) is 27.3. The molecule has 0 bridgehead atoms. The summed E-state index contributed by atoms with van der Waals surface area (Å²) in [5.41, 5.74) is 0. The Morgan fingerprint density at radius 2 is 2.14 bits per heavy atom. The van der Waals surface area contributed by atoms with Crippen LogP contribution in [-0.4, -0.2) is 11.9 Å². The average Bonchev–Trinajstić information content (AvgIpc) is 2.18. The van der Waals surface area contributed by atoms with E-state index in [2.05, 4.69) is 19.2 Å². The van der Waals surface area contributed by atoms with Crippen molar-refractivity contribution in [3.8, 4) is 0 Å². The van der Waals surface area contributed by atoms with E-state index in [1.807, 2.05) is 0 Å². The first-order valence-corrected chi connectivity index (χ1v) is 6.05. The first kappa shape index (κ1) is 11.5. The van der Waals surface area contributed by atoms with Crippen molar-refractivity contribution in [2.75, 3.05) is 0 Å². The molecular weight excluding hydrogens is 174 g/mol. The maximum absolute atomic E-state index is 11.4. The van der Waals surface area contributed by atoms with Crippen molar-refractivity contribution < 1.29 is 4.79 Å². The van der Waals surface area contributed by atoms with Gasteiger partial charge in [-0.25, -0.2) is 0 Å². The standard InChI is InChI=1S/C12H23NO/c1-3-6-12(14)13-11-8-5-7-10(4-2)9-11/h10-11H,3-9H2,1-2H3,(H,13,14). The van der Waals surface area contributed by atoms with Gasteiger partial charge in [-0.05, 0) is 25.2 Å². The maximum atomic E-state index is 11.4. The van der Waals surface area contributed by atoms with Crippen molar-refractivity contribution in [2.45, 2.75) is 64.8 Å². The lowest BCUT2D eigenvalue weighted by Gasteiger charge is -2.29. The van der Waals surface area contributed by atoms with Gasteiger partial charge in [-0.1, -0.05) is 33.1 Å². The molecule has 1 aliphatic rings. The molecule has 0 aromatic carbocycles. The second-order valence-corrected chi connectivity index (χ2v) is 4.46. The van der Waals surface area contributed by atoms with Gasteiger partial charge < -0.3 is 5.32 Å². The first-order chi connectivity index (χ1) is 6.76. The minimum absolute atomic E-state index is 0.245. The van der Waals surface area contributed by atoms with Gasteiger partial charge in [0.15, 0.2) is 0 Å². The molecule has 1 fully saturated rings. The average molecular weight is 197 g/mol. The fourth-order valence-electron chi connectivity index (χ4n) is 2.32. The van der Waals surface area contributed by atoms with Gasteiger partial charge in [-0.2, -0.15) is 0 Å². The van der Waals surface area contributed by atoms with Crippen LogP contribution in [0.5, 0.6) is 0 Å². The molecule has 0 heterocycles. The van der Waals surface area contributed by atoms with Crippen LogP contribution in [0.4, 0.5) is 0 Å². The molecule has 0 saturated heterocycles. The Morgan fingerprint density at radius 3 is 2.79 bits per heavy atom. The van der Waals surface area contributed by atoms with Crippen LogP contribution in [0, 0.1) is 5.92 Å². The zero-order chi connectivity index (χ0) is 10.4. The van der Waals surface area contributed by atoms with E-state index in [-0.39, 0.29) is 5.91 Å². The van der Waals surface area contributed by atoms with Crippen molar-refractivity contribution in [2.24, 2.45) is 5.92 Å². The third-order valence-electron chi connectivity index (χ3n) is 3.20. The first-order valence-electron chi connectivity index (χ1n) is 6.05. The molecule has 2 heteroatoms. The number of carbonyl (C=O) groups excluding carboxylic acids is 1. The molecule has 0 aromatic rings. The van der Waals surface area contributed by atoms with Crippen LogP contribution in [0.3, 0.4) is 0 Å². The quantitative estimate of drug-likeness (QED) is 0.737. The van der Waals surface area contributed by atoms with Gasteiger partial charge in [-0.3, -0.25) is 4.79 Å². The summed E-state index contributed by atoms with van der Waals surface area (Å²) in [6, 6.07) is 0.466. The minimum atomic E-state index is 0.245. The van der Waals surface area contributed by atoms with Crippen molar-refractivity contribution in [1.82, 2.24) is 5.32 Å². The SMILES string of the molecule is CCCC(=O)NC1CCCC(CC)C1. The predicted molar refractivity (Wildman–Crippen MR) is 59.1 cm³/mol. The number of hydrogen-bond acceptors (Lipinski definition) is 1.